The first-order chi connectivity index (χ1) is 16.6. The molecular formula is C25H31ClFN3O4S. The van der Waals surface area contributed by atoms with Crippen LogP contribution in [0.4, 0.5) is 10.1 Å². The van der Waals surface area contributed by atoms with E-state index < -0.39 is 34.3 Å². The Morgan fingerprint density at radius 3 is 2.31 bits per heavy atom. The number of carbonyl (C=O) groups excluding carboxylic acids is 2. The van der Waals surface area contributed by atoms with Gasteiger partial charge in [0.25, 0.3) is 0 Å². The molecule has 10 heteroatoms. The minimum absolute atomic E-state index is 0.0529. The fourth-order valence-electron chi connectivity index (χ4n) is 4.19. The molecular weight excluding hydrogens is 493 g/mol. The van der Waals surface area contributed by atoms with Crippen LogP contribution in [-0.2, 0) is 26.2 Å². The second-order valence-electron chi connectivity index (χ2n) is 8.89. The minimum Gasteiger partial charge on any atom is -0.352 e. The molecule has 35 heavy (non-hydrogen) atoms. The molecule has 1 fully saturated rings. The number of amides is 2. The third-order valence-corrected chi connectivity index (χ3v) is 7.56. The van der Waals surface area contributed by atoms with Gasteiger partial charge in [0.05, 0.1) is 11.9 Å². The van der Waals surface area contributed by atoms with Gasteiger partial charge < -0.3 is 10.2 Å². The summed E-state index contributed by atoms with van der Waals surface area (Å²) in [5.41, 5.74) is 0.492. The number of benzene rings is 2. The smallest absolute Gasteiger partial charge is 0.244 e. The summed E-state index contributed by atoms with van der Waals surface area (Å²) in [6, 6.07) is 11.4. The summed E-state index contributed by atoms with van der Waals surface area (Å²) < 4.78 is 40.2. The van der Waals surface area contributed by atoms with Crippen molar-refractivity contribution in [2.75, 3.05) is 17.1 Å². The molecule has 0 radical (unpaired) electrons. The first-order valence-electron chi connectivity index (χ1n) is 11.6. The molecule has 0 saturated heterocycles. The van der Waals surface area contributed by atoms with Gasteiger partial charge in [0, 0.05) is 17.6 Å². The first-order valence-corrected chi connectivity index (χ1v) is 13.9. The Balaban J connectivity index is 1.87. The van der Waals surface area contributed by atoms with E-state index in [4.69, 9.17) is 11.6 Å². The molecule has 0 bridgehead atoms. The summed E-state index contributed by atoms with van der Waals surface area (Å²) in [5, 5.41) is 3.55. The topological polar surface area (TPSA) is 86.8 Å². The Hall–Kier alpha value is -2.65. The van der Waals surface area contributed by atoms with Gasteiger partial charge in [-0.3, -0.25) is 13.9 Å². The lowest BCUT2D eigenvalue weighted by Crippen LogP contribution is -2.53. The zero-order valence-electron chi connectivity index (χ0n) is 19.9. The summed E-state index contributed by atoms with van der Waals surface area (Å²) in [6.07, 6.45) is 5.91. The lowest BCUT2D eigenvalue weighted by molar-refractivity contribution is -0.139. The van der Waals surface area contributed by atoms with E-state index in [1.807, 2.05) is 0 Å². The van der Waals surface area contributed by atoms with Crippen molar-refractivity contribution in [1.29, 1.82) is 0 Å². The van der Waals surface area contributed by atoms with Crippen molar-refractivity contribution in [3.63, 3.8) is 0 Å². The predicted octanol–water partition coefficient (Wildman–Crippen LogP) is 4.11. The maximum absolute atomic E-state index is 14.4. The third-order valence-electron chi connectivity index (χ3n) is 6.19. The molecule has 1 N–H and O–H groups in total. The molecule has 0 spiro atoms. The van der Waals surface area contributed by atoms with Crippen LogP contribution in [0.1, 0.15) is 44.6 Å². The van der Waals surface area contributed by atoms with Crippen molar-refractivity contribution in [3.8, 4) is 0 Å². The zero-order valence-corrected chi connectivity index (χ0v) is 21.5. The Morgan fingerprint density at radius 1 is 1.09 bits per heavy atom. The van der Waals surface area contributed by atoms with Crippen LogP contribution in [0.25, 0.3) is 0 Å². The highest BCUT2D eigenvalue weighted by molar-refractivity contribution is 7.92. The van der Waals surface area contributed by atoms with Gasteiger partial charge in [0.2, 0.25) is 21.8 Å². The maximum atomic E-state index is 14.4. The van der Waals surface area contributed by atoms with Crippen LogP contribution in [0, 0.1) is 5.82 Å². The molecule has 1 saturated carbocycles. The quantitative estimate of drug-likeness (QED) is 0.536. The van der Waals surface area contributed by atoms with Crippen LogP contribution in [0.2, 0.25) is 5.02 Å². The van der Waals surface area contributed by atoms with E-state index in [0.717, 1.165) is 54.3 Å². The van der Waals surface area contributed by atoms with E-state index in [-0.39, 0.29) is 24.2 Å². The van der Waals surface area contributed by atoms with Crippen molar-refractivity contribution in [2.24, 2.45) is 0 Å². The fourth-order valence-corrected chi connectivity index (χ4v) is 5.16. The molecule has 3 rings (SSSR count). The van der Waals surface area contributed by atoms with Crippen LogP contribution in [0.3, 0.4) is 0 Å². The van der Waals surface area contributed by atoms with Crippen molar-refractivity contribution < 1.29 is 22.4 Å². The number of hydrogen-bond acceptors (Lipinski definition) is 4. The average molecular weight is 524 g/mol. The first kappa shape index (κ1) is 26.9. The number of rotatable bonds is 9. The van der Waals surface area contributed by atoms with E-state index >= 15 is 0 Å². The summed E-state index contributed by atoms with van der Waals surface area (Å²) in [7, 11) is -3.99. The summed E-state index contributed by atoms with van der Waals surface area (Å²) in [4.78, 5) is 27.9. The molecule has 7 nitrogen and oxygen atoms in total. The molecule has 0 heterocycles. The number of sulfonamides is 1. The molecule has 2 amide bonds. The number of halogens is 2. The molecule has 2 aromatic rings. The van der Waals surface area contributed by atoms with Crippen LogP contribution in [0.5, 0.6) is 0 Å². The van der Waals surface area contributed by atoms with Gasteiger partial charge in [-0.05, 0) is 49.6 Å². The van der Waals surface area contributed by atoms with Gasteiger partial charge in [0.15, 0.2) is 0 Å². The lowest BCUT2D eigenvalue weighted by atomic mass is 9.95. The van der Waals surface area contributed by atoms with Crippen molar-refractivity contribution in [1.82, 2.24) is 10.2 Å². The van der Waals surface area contributed by atoms with Gasteiger partial charge in [-0.25, -0.2) is 12.8 Å². The normalized spacial score (nSPS) is 15.3. The molecule has 1 aliphatic carbocycles. The SMILES string of the molecule is CC(C(=O)NC1CCCCC1)N(Cc1ccc(Cl)cc1)C(=O)CN(c1ccccc1F)S(C)(=O)=O. The van der Waals surface area contributed by atoms with Gasteiger partial charge >= 0.3 is 0 Å². The molecule has 1 atom stereocenters. The largest absolute Gasteiger partial charge is 0.352 e. The monoisotopic (exact) mass is 523 g/mol. The standard InChI is InChI=1S/C25H31ClFN3O4S/c1-18(25(32)28-21-8-4-3-5-9-21)29(16-19-12-14-20(26)15-13-19)24(31)17-30(35(2,33)34)23-11-7-6-10-22(23)27/h6-7,10-15,18,21H,3-5,8-9,16-17H2,1-2H3,(H,28,32). The number of nitrogens with one attached hydrogen (secondary N) is 1. The van der Waals surface area contributed by atoms with Crippen LogP contribution < -0.4 is 9.62 Å². The lowest BCUT2D eigenvalue weighted by Gasteiger charge is -2.33. The molecule has 190 valence electrons. The second kappa shape index (κ2) is 11.9. The van der Waals surface area contributed by atoms with Crippen LogP contribution in [-0.4, -0.2) is 50.0 Å². The highest BCUT2D eigenvalue weighted by atomic mass is 35.5. The number of anilines is 1. The minimum atomic E-state index is -3.99. The van der Waals surface area contributed by atoms with E-state index in [2.05, 4.69) is 5.32 Å². The number of nitrogens with zero attached hydrogens (tertiary/aromatic N) is 2. The number of carbonyl (C=O) groups is 2. The Labute approximate surface area is 211 Å². The third kappa shape index (κ3) is 7.41. The van der Waals surface area contributed by atoms with E-state index in [1.54, 1.807) is 31.2 Å². The van der Waals surface area contributed by atoms with E-state index in [0.29, 0.717) is 5.02 Å². The zero-order chi connectivity index (χ0) is 25.6. The molecule has 0 aromatic heterocycles. The Morgan fingerprint density at radius 2 is 1.71 bits per heavy atom. The summed E-state index contributed by atoms with van der Waals surface area (Å²) in [6.45, 7) is 1.03. The highest BCUT2D eigenvalue weighted by Gasteiger charge is 2.31. The number of para-hydroxylation sites is 1. The molecule has 1 aliphatic rings. The summed E-state index contributed by atoms with van der Waals surface area (Å²) in [5.74, 6) is -1.70. The maximum Gasteiger partial charge on any atom is 0.244 e. The van der Waals surface area contributed by atoms with Crippen molar-refractivity contribution >= 4 is 39.1 Å². The van der Waals surface area contributed by atoms with Crippen molar-refractivity contribution in [2.45, 2.75) is 57.7 Å². The molecule has 2 aromatic carbocycles. The van der Waals surface area contributed by atoms with Crippen molar-refractivity contribution in [3.05, 3.63) is 64.9 Å². The van der Waals surface area contributed by atoms with E-state index in [9.17, 15) is 22.4 Å². The Bertz CT molecular complexity index is 1140. The molecule has 1 unspecified atom stereocenters. The van der Waals surface area contributed by atoms with Gasteiger partial charge in [-0.15, -0.1) is 0 Å². The highest BCUT2D eigenvalue weighted by Crippen LogP contribution is 2.23. The average Bonchev–Trinajstić information content (AvgIpc) is 2.82. The van der Waals surface area contributed by atoms with Gasteiger partial charge in [-0.2, -0.15) is 0 Å². The number of hydrogen-bond donors (Lipinski definition) is 1. The van der Waals surface area contributed by atoms with E-state index in [1.165, 1.54) is 23.1 Å². The van der Waals surface area contributed by atoms with Gasteiger partial charge in [0.1, 0.15) is 18.4 Å². The van der Waals surface area contributed by atoms with Crippen LogP contribution >= 0.6 is 11.6 Å². The predicted molar refractivity (Wildman–Crippen MR) is 135 cm³/mol. The fraction of sp³-hybridized carbons (Fsp3) is 0.440. The van der Waals surface area contributed by atoms with Gasteiger partial charge in [-0.1, -0.05) is 55.1 Å². The molecule has 0 aliphatic heterocycles. The second-order valence-corrected chi connectivity index (χ2v) is 11.2. The summed E-state index contributed by atoms with van der Waals surface area (Å²) >= 11 is 5.98. The van der Waals surface area contributed by atoms with Crippen LogP contribution in [0.15, 0.2) is 48.5 Å². The Kier molecular flexibility index (Phi) is 9.13.